The lowest BCUT2D eigenvalue weighted by molar-refractivity contribution is -0.137. The molecule has 3 aromatic heterocycles. The minimum atomic E-state index is -4.38. The summed E-state index contributed by atoms with van der Waals surface area (Å²) in [6.07, 6.45) is 1.06. The van der Waals surface area contributed by atoms with Crippen molar-refractivity contribution in [2.45, 2.75) is 24.9 Å². The van der Waals surface area contributed by atoms with Gasteiger partial charge in [-0.15, -0.1) is 5.10 Å². The summed E-state index contributed by atoms with van der Waals surface area (Å²) in [4.78, 5) is 10.3. The van der Waals surface area contributed by atoms with Crippen LogP contribution in [0.25, 0.3) is 27.8 Å². The molecule has 168 valence electrons. The molecule has 1 N–H and O–H groups in total. The lowest BCUT2D eigenvalue weighted by atomic mass is 10.0. The molecule has 0 saturated carbocycles. The van der Waals surface area contributed by atoms with E-state index in [0.717, 1.165) is 34.1 Å². The van der Waals surface area contributed by atoms with Gasteiger partial charge in [0, 0.05) is 30.7 Å². The summed E-state index contributed by atoms with van der Waals surface area (Å²) >= 11 is 0. The van der Waals surface area contributed by atoms with Gasteiger partial charge in [0.1, 0.15) is 12.3 Å². The van der Waals surface area contributed by atoms with Crippen LogP contribution >= 0.6 is 0 Å². The first-order chi connectivity index (χ1) is 15.9. The quantitative estimate of drug-likeness (QED) is 0.441. The second-order valence-electron chi connectivity index (χ2n) is 8.04. The maximum atomic E-state index is 13.0. The Labute approximate surface area is 185 Å². The molecule has 0 bridgehead atoms. The standard InChI is InChI=1S/C22H18F3N7O/c1-30-12-26-21-20(30)16-10-13(18-11-19(28-33-18)31-9-8-27-29-31)2-7-17(16)32(21)15-5-3-14(4-6-15)22(23,24)25/h2-10,12,18-19,28H,11H2,1H3. The van der Waals surface area contributed by atoms with Crippen LogP contribution in [0.4, 0.5) is 13.2 Å². The second-order valence-corrected chi connectivity index (χ2v) is 8.04. The number of halogens is 3. The summed E-state index contributed by atoms with van der Waals surface area (Å²) in [7, 11) is 1.90. The van der Waals surface area contributed by atoms with Crippen molar-refractivity contribution in [1.82, 2.24) is 34.6 Å². The zero-order valence-electron chi connectivity index (χ0n) is 17.4. The van der Waals surface area contributed by atoms with Crippen molar-refractivity contribution in [2.75, 3.05) is 0 Å². The van der Waals surface area contributed by atoms with Crippen molar-refractivity contribution in [1.29, 1.82) is 0 Å². The SMILES string of the molecule is Cn1cnc2c1c1cc(C3CC(n4ccnn4)NO3)ccc1n2-c1ccc(C(F)(F)F)cc1. The summed E-state index contributed by atoms with van der Waals surface area (Å²) in [5, 5.41) is 8.80. The Hall–Kier alpha value is -3.70. The normalized spacial score (nSPS) is 19.2. The Kier molecular flexibility index (Phi) is 4.32. The van der Waals surface area contributed by atoms with Crippen LogP contribution in [0.2, 0.25) is 0 Å². The third-order valence-corrected chi connectivity index (χ3v) is 6.01. The van der Waals surface area contributed by atoms with Crippen molar-refractivity contribution in [3.05, 3.63) is 72.3 Å². The van der Waals surface area contributed by atoms with Crippen LogP contribution in [0, 0.1) is 0 Å². The molecule has 2 aromatic carbocycles. The molecule has 0 spiro atoms. The van der Waals surface area contributed by atoms with Gasteiger partial charge in [0.05, 0.1) is 29.1 Å². The van der Waals surface area contributed by atoms with Gasteiger partial charge in [-0.3, -0.25) is 9.40 Å². The van der Waals surface area contributed by atoms with Crippen molar-refractivity contribution >= 4 is 22.1 Å². The third-order valence-electron chi connectivity index (χ3n) is 6.01. The average molecular weight is 453 g/mol. The summed E-state index contributed by atoms with van der Waals surface area (Å²) in [5.41, 5.74) is 6.32. The highest BCUT2D eigenvalue weighted by Crippen LogP contribution is 2.37. The van der Waals surface area contributed by atoms with Crippen LogP contribution in [0.1, 0.15) is 29.8 Å². The molecule has 1 aliphatic rings. The van der Waals surface area contributed by atoms with Gasteiger partial charge in [-0.1, -0.05) is 11.3 Å². The molecule has 5 aromatic rings. The smallest absolute Gasteiger partial charge is 0.332 e. The van der Waals surface area contributed by atoms with E-state index in [2.05, 4.69) is 26.8 Å². The largest absolute Gasteiger partial charge is 0.416 e. The minimum Gasteiger partial charge on any atom is -0.332 e. The van der Waals surface area contributed by atoms with Gasteiger partial charge in [0.15, 0.2) is 5.65 Å². The highest BCUT2D eigenvalue weighted by Gasteiger charge is 2.31. The van der Waals surface area contributed by atoms with E-state index < -0.39 is 11.7 Å². The number of nitrogens with one attached hydrogen (secondary N) is 1. The first-order valence-electron chi connectivity index (χ1n) is 10.3. The molecule has 1 saturated heterocycles. The monoisotopic (exact) mass is 453 g/mol. The van der Waals surface area contributed by atoms with E-state index in [1.54, 1.807) is 23.4 Å². The molecule has 2 unspecified atom stereocenters. The van der Waals surface area contributed by atoms with E-state index in [4.69, 9.17) is 4.84 Å². The number of hydrogen-bond acceptors (Lipinski definition) is 5. The molecule has 0 amide bonds. The fraction of sp³-hybridized carbons (Fsp3) is 0.227. The van der Waals surface area contributed by atoms with Crippen molar-refractivity contribution in [3.63, 3.8) is 0 Å². The number of imidazole rings is 1. The molecule has 4 heterocycles. The van der Waals surface area contributed by atoms with E-state index in [-0.39, 0.29) is 12.3 Å². The van der Waals surface area contributed by atoms with E-state index in [9.17, 15) is 13.2 Å². The fourth-order valence-corrected chi connectivity index (χ4v) is 4.41. The van der Waals surface area contributed by atoms with Crippen molar-refractivity contribution < 1.29 is 18.0 Å². The molecular formula is C22H18F3N7O. The third kappa shape index (κ3) is 3.19. The first kappa shape index (κ1) is 19.9. The molecule has 0 radical (unpaired) electrons. The average Bonchev–Trinajstić information content (AvgIpc) is 3.58. The number of hydrogen-bond donors (Lipinski definition) is 1. The van der Waals surface area contributed by atoms with Crippen LogP contribution in [0.15, 0.2) is 61.2 Å². The Bertz CT molecular complexity index is 1450. The lowest BCUT2D eigenvalue weighted by Crippen LogP contribution is -2.19. The zero-order chi connectivity index (χ0) is 22.7. The van der Waals surface area contributed by atoms with E-state index in [1.807, 2.05) is 28.3 Å². The number of fused-ring (bicyclic) bond motifs is 3. The number of alkyl halides is 3. The molecule has 1 aliphatic heterocycles. The van der Waals surface area contributed by atoms with Gasteiger partial charge in [0.2, 0.25) is 0 Å². The van der Waals surface area contributed by atoms with E-state index in [0.29, 0.717) is 17.8 Å². The molecule has 0 aliphatic carbocycles. The van der Waals surface area contributed by atoms with Crippen LogP contribution in [-0.4, -0.2) is 29.1 Å². The summed E-state index contributed by atoms with van der Waals surface area (Å²) in [6, 6.07) is 11.1. The fourth-order valence-electron chi connectivity index (χ4n) is 4.41. The number of aryl methyl sites for hydroxylation is 1. The molecule has 8 nitrogen and oxygen atoms in total. The molecule has 33 heavy (non-hydrogen) atoms. The van der Waals surface area contributed by atoms with Crippen molar-refractivity contribution in [2.24, 2.45) is 7.05 Å². The summed E-state index contributed by atoms with van der Waals surface area (Å²) < 4.78 is 44.6. The van der Waals surface area contributed by atoms with Crippen LogP contribution in [-0.2, 0) is 18.1 Å². The van der Waals surface area contributed by atoms with Crippen molar-refractivity contribution in [3.8, 4) is 5.69 Å². The maximum Gasteiger partial charge on any atom is 0.416 e. The predicted molar refractivity (Wildman–Crippen MR) is 113 cm³/mol. The Balaban J connectivity index is 1.43. The van der Waals surface area contributed by atoms with Gasteiger partial charge in [-0.05, 0) is 42.0 Å². The predicted octanol–water partition coefficient (Wildman–Crippen LogP) is 4.29. The van der Waals surface area contributed by atoms with Gasteiger partial charge in [0.25, 0.3) is 0 Å². The highest BCUT2D eigenvalue weighted by atomic mass is 19.4. The van der Waals surface area contributed by atoms with E-state index in [1.165, 1.54) is 12.1 Å². The number of nitrogens with zero attached hydrogens (tertiary/aromatic N) is 6. The van der Waals surface area contributed by atoms with E-state index >= 15 is 0 Å². The number of hydroxylamine groups is 1. The van der Waals surface area contributed by atoms with Gasteiger partial charge in [-0.25, -0.2) is 9.67 Å². The van der Waals surface area contributed by atoms with Gasteiger partial charge in [-0.2, -0.15) is 18.7 Å². The zero-order valence-corrected chi connectivity index (χ0v) is 17.4. The summed E-state index contributed by atoms with van der Waals surface area (Å²) in [5.74, 6) is 0. The number of rotatable bonds is 3. The second kappa shape index (κ2) is 7.15. The topological polar surface area (TPSA) is 74.7 Å². The minimum absolute atomic E-state index is 0.123. The van der Waals surface area contributed by atoms with Gasteiger partial charge >= 0.3 is 6.18 Å². The Morgan fingerprint density at radius 3 is 2.67 bits per heavy atom. The molecule has 1 fully saturated rings. The van der Waals surface area contributed by atoms with Gasteiger partial charge < -0.3 is 4.57 Å². The van der Waals surface area contributed by atoms with Crippen LogP contribution < -0.4 is 5.48 Å². The molecule has 6 rings (SSSR count). The Morgan fingerprint density at radius 1 is 1.12 bits per heavy atom. The maximum absolute atomic E-state index is 13.0. The number of aromatic nitrogens is 6. The number of benzene rings is 2. The van der Waals surface area contributed by atoms with Crippen LogP contribution in [0.5, 0.6) is 0 Å². The first-order valence-corrected chi connectivity index (χ1v) is 10.3. The summed E-state index contributed by atoms with van der Waals surface area (Å²) in [6.45, 7) is 0. The molecular weight excluding hydrogens is 435 g/mol. The Morgan fingerprint density at radius 2 is 1.94 bits per heavy atom. The molecule has 2 atom stereocenters. The molecule has 11 heteroatoms. The van der Waals surface area contributed by atoms with Crippen LogP contribution in [0.3, 0.4) is 0 Å². The lowest BCUT2D eigenvalue weighted by Gasteiger charge is -2.11. The highest BCUT2D eigenvalue weighted by molar-refractivity contribution is 6.06.